The molecule has 1 atom stereocenters. The van der Waals surface area contributed by atoms with Crippen LogP contribution >= 0.6 is 0 Å². The zero-order valence-corrected chi connectivity index (χ0v) is 5.97. The molecule has 0 fully saturated rings. The molecule has 0 aromatic heterocycles. The van der Waals surface area contributed by atoms with Gasteiger partial charge in [-0.2, -0.15) is 5.26 Å². The van der Waals surface area contributed by atoms with Crippen molar-refractivity contribution < 1.29 is 5.11 Å². The summed E-state index contributed by atoms with van der Waals surface area (Å²) < 4.78 is 0. The van der Waals surface area contributed by atoms with Crippen molar-refractivity contribution >= 4 is 0 Å². The molecule has 0 aliphatic rings. The Kier molecular flexibility index (Phi) is 2.97. The molecule has 1 N–H and O–H groups in total. The molecule has 0 aromatic carbocycles. The van der Waals surface area contributed by atoms with E-state index in [0.29, 0.717) is 5.57 Å². The Bertz CT molecular complexity index is 158. The summed E-state index contributed by atoms with van der Waals surface area (Å²) in [6, 6.07) is 1.93. The van der Waals surface area contributed by atoms with E-state index in [0.717, 1.165) is 5.57 Å². The molecule has 0 aliphatic heterocycles. The van der Waals surface area contributed by atoms with E-state index in [9.17, 15) is 0 Å². The average molecular weight is 125 g/mol. The van der Waals surface area contributed by atoms with Crippen LogP contribution in [-0.2, 0) is 0 Å². The molecule has 0 saturated carbocycles. The third-order valence-electron chi connectivity index (χ3n) is 1.08. The highest BCUT2D eigenvalue weighted by Gasteiger charge is 2.03. The lowest BCUT2D eigenvalue weighted by Crippen LogP contribution is -2.03. The van der Waals surface area contributed by atoms with E-state index < -0.39 is 6.10 Å². The molecular formula is C7H11NO. The lowest BCUT2D eigenvalue weighted by atomic mass is 10.1. The highest BCUT2D eigenvalue weighted by Crippen LogP contribution is 2.05. The predicted molar refractivity (Wildman–Crippen MR) is 35.7 cm³/mol. The summed E-state index contributed by atoms with van der Waals surface area (Å²) in [5.41, 5.74) is 1.35. The van der Waals surface area contributed by atoms with Crippen LogP contribution < -0.4 is 0 Å². The topological polar surface area (TPSA) is 44.0 Å². The second-order valence-corrected chi connectivity index (χ2v) is 2.20. The molecule has 0 radical (unpaired) electrons. The van der Waals surface area contributed by atoms with E-state index in [4.69, 9.17) is 10.4 Å². The number of rotatable bonds is 1. The number of nitriles is 1. The second-order valence-electron chi connectivity index (χ2n) is 2.20. The first-order valence-corrected chi connectivity index (χ1v) is 2.85. The summed E-state index contributed by atoms with van der Waals surface area (Å²) in [5, 5.41) is 17.3. The van der Waals surface area contributed by atoms with Gasteiger partial charge in [0.15, 0.2) is 0 Å². The monoisotopic (exact) mass is 125 g/mol. The SMILES string of the molecule is CC(C)=C(C#N)C(C)O. The van der Waals surface area contributed by atoms with Crippen LogP contribution in [0.3, 0.4) is 0 Å². The van der Waals surface area contributed by atoms with Crippen molar-refractivity contribution in [2.75, 3.05) is 0 Å². The lowest BCUT2D eigenvalue weighted by molar-refractivity contribution is 0.235. The van der Waals surface area contributed by atoms with E-state index >= 15 is 0 Å². The minimum atomic E-state index is -0.625. The van der Waals surface area contributed by atoms with Gasteiger partial charge in [-0.05, 0) is 20.8 Å². The molecule has 0 bridgehead atoms. The third-order valence-corrected chi connectivity index (χ3v) is 1.08. The van der Waals surface area contributed by atoms with Crippen LogP contribution in [0.4, 0.5) is 0 Å². The lowest BCUT2D eigenvalue weighted by Gasteiger charge is -2.01. The van der Waals surface area contributed by atoms with Gasteiger partial charge in [0.25, 0.3) is 0 Å². The van der Waals surface area contributed by atoms with Gasteiger partial charge in [-0.25, -0.2) is 0 Å². The fourth-order valence-corrected chi connectivity index (χ4v) is 0.623. The van der Waals surface area contributed by atoms with Crippen LogP contribution in [0, 0.1) is 11.3 Å². The second kappa shape index (κ2) is 3.26. The molecule has 2 nitrogen and oxygen atoms in total. The van der Waals surface area contributed by atoms with Crippen molar-refractivity contribution in [3.05, 3.63) is 11.1 Å². The molecule has 0 spiro atoms. The molecule has 1 unspecified atom stereocenters. The summed E-state index contributed by atoms with van der Waals surface area (Å²) >= 11 is 0. The maximum Gasteiger partial charge on any atom is 0.0973 e. The van der Waals surface area contributed by atoms with Crippen molar-refractivity contribution in [3.63, 3.8) is 0 Å². The van der Waals surface area contributed by atoms with Gasteiger partial charge >= 0.3 is 0 Å². The summed E-state index contributed by atoms with van der Waals surface area (Å²) in [4.78, 5) is 0. The minimum absolute atomic E-state index is 0.468. The van der Waals surface area contributed by atoms with Crippen LogP contribution in [0.1, 0.15) is 20.8 Å². The molecular weight excluding hydrogens is 114 g/mol. The Morgan fingerprint density at radius 3 is 2.00 bits per heavy atom. The highest BCUT2D eigenvalue weighted by atomic mass is 16.3. The minimum Gasteiger partial charge on any atom is -0.388 e. The Morgan fingerprint density at radius 2 is 2.00 bits per heavy atom. The molecule has 0 amide bonds. The van der Waals surface area contributed by atoms with Crippen LogP contribution in [0.15, 0.2) is 11.1 Å². The molecule has 0 aromatic rings. The fourth-order valence-electron chi connectivity index (χ4n) is 0.623. The Morgan fingerprint density at radius 1 is 1.56 bits per heavy atom. The van der Waals surface area contributed by atoms with E-state index in [1.807, 2.05) is 19.9 Å². The van der Waals surface area contributed by atoms with Crippen molar-refractivity contribution in [2.24, 2.45) is 0 Å². The van der Waals surface area contributed by atoms with Gasteiger partial charge in [0.05, 0.1) is 17.7 Å². The van der Waals surface area contributed by atoms with Gasteiger partial charge in [-0.3, -0.25) is 0 Å². The predicted octanol–water partition coefficient (Wildman–Crippen LogP) is 1.23. The molecule has 0 heterocycles. The van der Waals surface area contributed by atoms with E-state index in [1.165, 1.54) is 0 Å². The largest absolute Gasteiger partial charge is 0.388 e. The number of aliphatic hydroxyl groups excluding tert-OH is 1. The summed E-state index contributed by atoms with van der Waals surface area (Å²) in [6.07, 6.45) is -0.625. The Balaban J connectivity index is 4.41. The molecule has 2 heteroatoms. The van der Waals surface area contributed by atoms with E-state index in [2.05, 4.69) is 0 Å². The quantitative estimate of drug-likeness (QED) is 0.535. The summed E-state index contributed by atoms with van der Waals surface area (Å²) in [5.74, 6) is 0. The molecule has 0 saturated heterocycles. The zero-order valence-electron chi connectivity index (χ0n) is 5.97. The van der Waals surface area contributed by atoms with Crippen molar-refractivity contribution in [1.82, 2.24) is 0 Å². The first-order chi connectivity index (χ1) is 4.09. The van der Waals surface area contributed by atoms with Gasteiger partial charge in [-0.1, -0.05) is 5.57 Å². The van der Waals surface area contributed by atoms with E-state index in [-0.39, 0.29) is 0 Å². The summed E-state index contributed by atoms with van der Waals surface area (Å²) in [6.45, 7) is 5.21. The number of aliphatic hydroxyl groups is 1. The Labute approximate surface area is 55.4 Å². The normalized spacial score (nSPS) is 11.9. The van der Waals surface area contributed by atoms with Crippen LogP contribution in [0.2, 0.25) is 0 Å². The van der Waals surface area contributed by atoms with Crippen LogP contribution in [0.25, 0.3) is 0 Å². The van der Waals surface area contributed by atoms with Gasteiger partial charge in [0.2, 0.25) is 0 Å². The third kappa shape index (κ3) is 2.29. The highest BCUT2D eigenvalue weighted by molar-refractivity contribution is 5.28. The van der Waals surface area contributed by atoms with E-state index in [1.54, 1.807) is 6.92 Å². The number of allylic oxidation sites excluding steroid dienone is 1. The zero-order chi connectivity index (χ0) is 7.44. The van der Waals surface area contributed by atoms with Gasteiger partial charge in [-0.15, -0.1) is 0 Å². The maximum absolute atomic E-state index is 8.90. The van der Waals surface area contributed by atoms with Gasteiger partial charge < -0.3 is 5.11 Å². The number of hydrogen-bond acceptors (Lipinski definition) is 2. The summed E-state index contributed by atoms with van der Waals surface area (Å²) in [7, 11) is 0. The smallest absolute Gasteiger partial charge is 0.0973 e. The molecule has 9 heavy (non-hydrogen) atoms. The van der Waals surface area contributed by atoms with Crippen molar-refractivity contribution in [1.29, 1.82) is 5.26 Å². The first kappa shape index (κ1) is 8.19. The van der Waals surface area contributed by atoms with Gasteiger partial charge in [0.1, 0.15) is 0 Å². The van der Waals surface area contributed by atoms with Crippen LogP contribution in [-0.4, -0.2) is 11.2 Å². The molecule has 0 rings (SSSR count). The number of nitrogens with zero attached hydrogens (tertiary/aromatic N) is 1. The fraction of sp³-hybridized carbons (Fsp3) is 0.571. The van der Waals surface area contributed by atoms with Crippen molar-refractivity contribution in [2.45, 2.75) is 26.9 Å². The van der Waals surface area contributed by atoms with Crippen molar-refractivity contribution in [3.8, 4) is 6.07 Å². The molecule has 0 aliphatic carbocycles. The average Bonchev–Trinajstić information content (AvgIpc) is 1.64. The van der Waals surface area contributed by atoms with Gasteiger partial charge in [0, 0.05) is 0 Å². The first-order valence-electron chi connectivity index (χ1n) is 2.85. The standard InChI is InChI=1S/C7H11NO/c1-5(2)7(4-8)6(3)9/h6,9H,1-3H3. The Hall–Kier alpha value is -0.810. The maximum atomic E-state index is 8.90. The number of hydrogen-bond donors (Lipinski definition) is 1. The van der Waals surface area contributed by atoms with Crippen LogP contribution in [0.5, 0.6) is 0 Å². The molecule has 50 valence electrons.